The molecule has 6 heteroatoms. The summed E-state index contributed by atoms with van der Waals surface area (Å²) in [6.07, 6.45) is 3.07. The second-order valence-electron chi connectivity index (χ2n) is 7.69. The van der Waals surface area contributed by atoms with Crippen molar-refractivity contribution in [1.82, 2.24) is 0 Å². The molecule has 4 rings (SSSR count). The number of aromatic hydroxyl groups is 2. The molecule has 164 valence electrons. The van der Waals surface area contributed by atoms with Crippen LogP contribution in [0.15, 0.2) is 68.0 Å². The normalized spacial score (nSPS) is 11.2. The van der Waals surface area contributed by atoms with Crippen molar-refractivity contribution in [3.05, 3.63) is 91.6 Å². The number of furan rings is 1. The standard InChI is InChI=1S/C26H22Br2O4/c1-2-22-24(25(30)17-11-19(27)26(31)20(28)12-17)18-14-21(29)16(13-23(18)32-22)10-6-9-15-7-4-3-5-8-15/h3-5,7-8,11-14,29,31H,2,6,9-10H2,1H3. The Bertz CT molecular complexity index is 1270. The molecule has 0 amide bonds. The molecule has 0 unspecified atom stereocenters. The number of fused-ring (bicyclic) bond motifs is 1. The maximum Gasteiger partial charge on any atom is 0.197 e. The van der Waals surface area contributed by atoms with Crippen LogP contribution in [0.5, 0.6) is 11.5 Å². The van der Waals surface area contributed by atoms with E-state index >= 15 is 0 Å². The number of hydrogen-bond donors (Lipinski definition) is 2. The van der Waals surface area contributed by atoms with Crippen molar-refractivity contribution in [3.63, 3.8) is 0 Å². The number of carbonyl (C=O) groups excluding carboxylic acids is 1. The molecule has 0 atom stereocenters. The van der Waals surface area contributed by atoms with Gasteiger partial charge in [0, 0.05) is 17.4 Å². The van der Waals surface area contributed by atoms with Crippen molar-refractivity contribution < 1.29 is 19.4 Å². The summed E-state index contributed by atoms with van der Waals surface area (Å²) in [6, 6.07) is 16.9. The van der Waals surface area contributed by atoms with Crippen LogP contribution in [0.4, 0.5) is 0 Å². The number of phenols is 2. The van der Waals surface area contributed by atoms with Crippen LogP contribution in [0.3, 0.4) is 0 Å². The monoisotopic (exact) mass is 556 g/mol. The molecule has 4 aromatic rings. The van der Waals surface area contributed by atoms with Crippen molar-refractivity contribution in [2.24, 2.45) is 0 Å². The molecule has 4 nitrogen and oxygen atoms in total. The lowest BCUT2D eigenvalue weighted by Crippen LogP contribution is -2.04. The first-order valence-electron chi connectivity index (χ1n) is 10.4. The van der Waals surface area contributed by atoms with E-state index in [1.807, 2.05) is 31.2 Å². The van der Waals surface area contributed by atoms with Crippen molar-refractivity contribution in [2.75, 3.05) is 0 Å². The van der Waals surface area contributed by atoms with Gasteiger partial charge in [0.25, 0.3) is 0 Å². The van der Waals surface area contributed by atoms with E-state index in [1.54, 1.807) is 18.2 Å². The van der Waals surface area contributed by atoms with E-state index in [0.717, 1.165) is 18.4 Å². The lowest BCUT2D eigenvalue weighted by Gasteiger charge is -2.07. The number of benzene rings is 3. The van der Waals surface area contributed by atoms with Gasteiger partial charge >= 0.3 is 0 Å². The maximum absolute atomic E-state index is 13.4. The molecule has 0 saturated heterocycles. The molecule has 1 aromatic heterocycles. The van der Waals surface area contributed by atoms with Crippen LogP contribution in [0, 0.1) is 0 Å². The average molecular weight is 558 g/mol. The molecule has 0 bridgehead atoms. The second-order valence-corrected chi connectivity index (χ2v) is 9.40. The molecule has 0 fully saturated rings. The fraction of sp³-hybridized carbons (Fsp3) is 0.192. The van der Waals surface area contributed by atoms with Crippen molar-refractivity contribution >= 4 is 48.6 Å². The SMILES string of the molecule is CCc1oc2cc(CCCc3ccccc3)c(O)cc2c1C(=O)c1cc(Br)c(O)c(Br)c1. The van der Waals surface area contributed by atoms with Gasteiger partial charge in [0.1, 0.15) is 22.8 Å². The highest BCUT2D eigenvalue weighted by atomic mass is 79.9. The fourth-order valence-electron chi connectivity index (χ4n) is 3.89. The van der Waals surface area contributed by atoms with Crippen LogP contribution in [-0.4, -0.2) is 16.0 Å². The van der Waals surface area contributed by atoms with Gasteiger partial charge in [0.15, 0.2) is 5.78 Å². The van der Waals surface area contributed by atoms with Crippen LogP contribution in [0.25, 0.3) is 11.0 Å². The lowest BCUT2D eigenvalue weighted by atomic mass is 9.97. The van der Waals surface area contributed by atoms with Gasteiger partial charge in [-0.05, 0) is 86.5 Å². The number of rotatable bonds is 7. The maximum atomic E-state index is 13.4. The van der Waals surface area contributed by atoms with Gasteiger partial charge in [-0.2, -0.15) is 0 Å². The highest BCUT2D eigenvalue weighted by Crippen LogP contribution is 2.37. The Morgan fingerprint density at radius 2 is 1.66 bits per heavy atom. The highest BCUT2D eigenvalue weighted by molar-refractivity contribution is 9.11. The summed E-state index contributed by atoms with van der Waals surface area (Å²) in [5.74, 6) is 0.549. The van der Waals surface area contributed by atoms with Crippen LogP contribution in [-0.2, 0) is 19.3 Å². The quantitative estimate of drug-likeness (QED) is 0.233. The first kappa shape index (κ1) is 22.6. The molecule has 0 aliphatic heterocycles. The summed E-state index contributed by atoms with van der Waals surface area (Å²) in [5.41, 5.74) is 3.51. The zero-order valence-electron chi connectivity index (χ0n) is 17.5. The third-order valence-electron chi connectivity index (χ3n) is 5.54. The number of aryl methyl sites for hydroxylation is 3. The molecule has 0 spiro atoms. The van der Waals surface area contributed by atoms with Crippen LogP contribution in [0.1, 0.15) is 46.2 Å². The predicted molar refractivity (Wildman–Crippen MR) is 133 cm³/mol. The van der Waals surface area contributed by atoms with E-state index in [0.29, 0.717) is 49.6 Å². The van der Waals surface area contributed by atoms with Gasteiger partial charge in [-0.15, -0.1) is 0 Å². The van der Waals surface area contributed by atoms with E-state index in [4.69, 9.17) is 4.42 Å². The minimum Gasteiger partial charge on any atom is -0.508 e. The molecular weight excluding hydrogens is 536 g/mol. The van der Waals surface area contributed by atoms with E-state index < -0.39 is 0 Å². The summed E-state index contributed by atoms with van der Waals surface area (Å²) in [6.45, 7) is 1.93. The lowest BCUT2D eigenvalue weighted by molar-refractivity contribution is 0.103. The summed E-state index contributed by atoms with van der Waals surface area (Å²) >= 11 is 6.56. The molecule has 1 heterocycles. The third-order valence-corrected chi connectivity index (χ3v) is 6.75. The minimum atomic E-state index is -0.224. The Kier molecular flexibility index (Phi) is 6.72. The number of hydrogen-bond acceptors (Lipinski definition) is 4. The first-order chi connectivity index (χ1) is 15.4. The van der Waals surface area contributed by atoms with Gasteiger partial charge in [0.05, 0.1) is 14.5 Å². The van der Waals surface area contributed by atoms with Crippen molar-refractivity contribution in [2.45, 2.75) is 32.6 Å². The van der Waals surface area contributed by atoms with Crippen molar-refractivity contribution in [3.8, 4) is 11.5 Å². The van der Waals surface area contributed by atoms with Gasteiger partial charge in [0.2, 0.25) is 0 Å². The minimum absolute atomic E-state index is 0.0344. The second kappa shape index (κ2) is 9.51. The topological polar surface area (TPSA) is 70.7 Å². The third kappa shape index (κ3) is 4.48. The largest absolute Gasteiger partial charge is 0.508 e. The highest BCUT2D eigenvalue weighted by Gasteiger charge is 2.24. The summed E-state index contributed by atoms with van der Waals surface area (Å²) in [5, 5.41) is 21.3. The fourth-order valence-corrected chi connectivity index (χ4v) is 5.08. The molecule has 0 saturated carbocycles. The molecule has 0 aliphatic rings. The Morgan fingerprint density at radius 3 is 2.31 bits per heavy atom. The van der Waals surface area contributed by atoms with Crippen LogP contribution >= 0.6 is 31.9 Å². The molecule has 3 aromatic carbocycles. The Hall–Kier alpha value is -2.57. The molecule has 0 aliphatic carbocycles. The van der Waals surface area contributed by atoms with E-state index in [2.05, 4.69) is 44.0 Å². The van der Waals surface area contributed by atoms with E-state index in [-0.39, 0.29) is 17.3 Å². The van der Waals surface area contributed by atoms with Crippen molar-refractivity contribution in [1.29, 1.82) is 0 Å². The van der Waals surface area contributed by atoms with Gasteiger partial charge < -0.3 is 14.6 Å². The summed E-state index contributed by atoms with van der Waals surface area (Å²) in [7, 11) is 0. The summed E-state index contributed by atoms with van der Waals surface area (Å²) < 4.78 is 6.87. The van der Waals surface area contributed by atoms with Crippen LogP contribution in [0.2, 0.25) is 0 Å². The zero-order chi connectivity index (χ0) is 22.8. The van der Waals surface area contributed by atoms with Gasteiger partial charge in [-0.1, -0.05) is 37.3 Å². The molecule has 2 N–H and O–H groups in total. The number of halogens is 2. The van der Waals surface area contributed by atoms with Crippen LogP contribution < -0.4 is 0 Å². The average Bonchev–Trinajstić information content (AvgIpc) is 3.14. The Labute approximate surface area is 203 Å². The first-order valence-corrected chi connectivity index (χ1v) is 12.0. The van der Waals surface area contributed by atoms with Gasteiger partial charge in [-0.3, -0.25) is 4.79 Å². The zero-order valence-corrected chi connectivity index (χ0v) is 20.7. The number of phenolic OH excluding ortho intramolecular Hbond substituents is 2. The predicted octanol–water partition coefficient (Wildman–Crippen LogP) is 7.34. The van der Waals surface area contributed by atoms with Gasteiger partial charge in [-0.25, -0.2) is 0 Å². The Morgan fingerprint density at radius 1 is 0.969 bits per heavy atom. The molecule has 32 heavy (non-hydrogen) atoms. The molecule has 0 radical (unpaired) electrons. The smallest absolute Gasteiger partial charge is 0.197 e. The van der Waals surface area contributed by atoms with E-state index in [1.165, 1.54) is 5.56 Å². The Balaban J connectivity index is 1.67. The van der Waals surface area contributed by atoms with E-state index in [9.17, 15) is 15.0 Å². The number of ketones is 1. The molecular formula is C26H22Br2O4. The number of carbonyl (C=O) groups is 1. The summed E-state index contributed by atoms with van der Waals surface area (Å²) in [4.78, 5) is 13.4.